The van der Waals surface area contributed by atoms with Crippen molar-refractivity contribution in [1.82, 2.24) is 4.90 Å². The van der Waals surface area contributed by atoms with Crippen LogP contribution in [0.5, 0.6) is 0 Å². The van der Waals surface area contributed by atoms with Crippen molar-refractivity contribution in [3.63, 3.8) is 0 Å². The van der Waals surface area contributed by atoms with Crippen LogP contribution in [-0.2, 0) is 0 Å². The molecule has 1 aliphatic heterocycles. The predicted octanol–water partition coefficient (Wildman–Crippen LogP) is 0.820. The Bertz CT molecular complexity index is 81.3. The lowest BCUT2D eigenvalue weighted by atomic mass is 10.0. The van der Waals surface area contributed by atoms with Crippen LogP contribution in [0.2, 0.25) is 0 Å². The van der Waals surface area contributed by atoms with E-state index in [1.807, 2.05) is 0 Å². The van der Waals surface area contributed by atoms with Gasteiger partial charge in [-0.2, -0.15) is 0 Å². The van der Waals surface area contributed by atoms with Gasteiger partial charge in [-0.1, -0.05) is 13.3 Å². The van der Waals surface area contributed by atoms with E-state index in [-0.39, 0.29) is 0 Å². The van der Waals surface area contributed by atoms with Crippen molar-refractivity contribution in [2.24, 2.45) is 5.73 Å². The number of likely N-dealkylation sites (tertiary alicyclic amines) is 1. The van der Waals surface area contributed by atoms with Crippen LogP contribution >= 0.6 is 0 Å². The van der Waals surface area contributed by atoms with Gasteiger partial charge in [-0.25, -0.2) is 0 Å². The summed E-state index contributed by atoms with van der Waals surface area (Å²) in [6.45, 7) is 5.49. The molecule has 0 bridgehead atoms. The molecule has 0 aliphatic carbocycles. The highest BCUT2D eigenvalue weighted by Crippen LogP contribution is 2.14. The first kappa shape index (κ1) is 8.02. The summed E-state index contributed by atoms with van der Waals surface area (Å²) in [7, 11) is 0. The molecule has 0 radical (unpaired) electrons. The van der Waals surface area contributed by atoms with E-state index in [1.54, 1.807) is 0 Å². The van der Waals surface area contributed by atoms with Gasteiger partial charge in [0.05, 0.1) is 0 Å². The molecule has 0 unspecified atom stereocenters. The fourth-order valence-electron chi connectivity index (χ4n) is 1.74. The molecule has 0 aromatic carbocycles. The molecular formula is C8H18N2. The van der Waals surface area contributed by atoms with Crippen molar-refractivity contribution < 1.29 is 0 Å². The molecule has 1 saturated heterocycles. The number of hydrogen-bond acceptors (Lipinski definition) is 2. The van der Waals surface area contributed by atoms with Crippen LogP contribution in [0.25, 0.3) is 0 Å². The fourth-order valence-corrected chi connectivity index (χ4v) is 1.74. The first-order valence-corrected chi connectivity index (χ1v) is 4.32. The summed E-state index contributed by atoms with van der Waals surface area (Å²) in [5.41, 5.74) is 5.63. The maximum Gasteiger partial charge on any atom is 0.0218 e. The van der Waals surface area contributed by atoms with Crippen molar-refractivity contribution in [1.29, 1.82) is 0 Å². The Labute approximate surface area is 63.4 Å². The Morgan fingerprint density at radius 2 is 2.30 bits per heavy atom. The Morgan fingerprint density at radius 3 is 2.80 bits per heavy atom. The van der Waals surface area contributed by atoms with Crippen molar-refractivity contribution in [2.45, 2.75) is 32.2 Å². The van der Waals surface area contributed by atoms with E-state index in [1.165, 1.54) is 32.4 Å². The lowest BCUT2D eigenvalue weighted by Gasteiger charge is -2.33. The molecular weight excluding hydrogens is 124 g/mol. The molecule has 1 rings (SSSR count). The van der Waals surface area contributed by atoms with Crippen LogP contribution in [0.3, 0.4) is 0 Å². The third-order valence-electron chi connectivity index (χ3n) is 2.43. The van der Waals surface area contributed by atoms with Gasteiger partial charge >= 0.3 is 0 Å². The Hall–Kier alpha value is -0.0800. The van der Waals surface area contributed by atoms with Crippen molar-refractivity contribution >= 4 is 0 Å². The van der Waals surface area contributed by atoms with Crippen molar-refractivity contribution in [2.75, 3.05) is 19.6 Å². The number of nitrogens with zero attached hydrogens (tertiary/aromatic N) is 1. The second-order valence-corrected chi connectivity index (χ2v) is 3.01. The molecule has 2 nitrogen and oxygen atoms in total. The second kappa shape index (κ2) is 3.94. The number of rotatable bonds is 2. The van der Waals surface area contributed by atoms with Crippen LogP contribution in [0.15, 0.2) is 0 Å². The van der Waals surface area contributed by atoms with E-state index in [2.05, 4.69) is 11.8 Å². The molecule has 0 saturated carbocycles. The summed E-state index contributed by atoms with van der Waals surface area (Å²) < 4.78 is 0. The van der Waals surface area contributed by atoms with Gasteiger partial charge in [-0.05, 0) is 25.9 Å². The molecule has 0 aromatic rings. The second-order valence-electron chi connectivity index (χ2n) is 3.01. The fraction of sp³-hybridized carbons (Fsp3) is 1.00. The smallest absolute Gasteiger partial charge is 0.0218 e. The predicted molar refractivity (Wildman–Crippen MR) is 43.9 cm³/mol. The molecule has 0 aromatic heterocycles. The summed E-state index contributed by atoms with van der Waals surface area (Å²) in [5.74, 6) is 0. The zero-order valence-electron chi connectivity index (χ0n) is 6.84. The van der Waals surface area contributed by atoms with Gasteiger partial charge in [0, 0.05) is 12.6 Å². The van der Waals surface area contributed by atoms with Gasteiger partial charge in [-0.3, -0.25) is 4.90 Å². The summed E-state index contributed by atoms with van der Waals surface area (Å²) in [6.07, 6.45) is 4.05. The van der Waals surface area contributed by atoms with E-state index in [4.69, 9.17) is 5.73 Å². The molecule has 60 valence electrons. The summed E-state index contributed by atoms with van der Waals surface area (Å²) in [6, 6.07) is 0.679. The minimum atomic E-state index is 0.679. The van der Waals surface area contributed by atoms with Crippen LogP contribution in [-0.4, -0.2) is 30.6 Å². The first-order valence-electron chi connectivity index (χ1n) is 4.32. The molecule has 0 spiro atoms. The molecule has 1 heterocycles. The van der Waals surface area contributed by atoms with E-state index < -0.39 is 0 Å². The molecule has 10 heavy (non-hydrogen) atoms. The van der Waals surface area contributed by atoms with E-state index in [9.17, 15) is 0 Å². The molecule has 1 atom stereocenters. The zero-order valence-corrected chi connectivity index (χ0v) is 6.84. The Morgan fingerprint density at radius 1 is 1.50 bits per heavy atom. The van der Waals surface area contributed by atoms with Gasteiger partial charge in [0.25, 0.3) is 0 Å². The monoisotopic (exact) mass is 142 g/mol. The minimum absolute atomic E-state index is 0.679. The lowest BCUT2D eigenvalue weighted by molar-refractivity contribution is 0.161. The molecule has 1 fully saturated rings. The van der Waals surface area contributed by atoms with E-state index in [0.717, 1.165) is 6.54 Å². The van der Waals surface area contributed by atoms with Gasteiger partial charge in [0.15, 0.2) is 0 Å². The highest BCUT2D eigenvalue weighted by atomic mass is 15.2. The van der Waals surface area contributed by atoms with Gasteiger partial charge in [0.2, 0.25) is 0 Å². The van der Waals surface area contributed by atoms with Crippen molar-refractivity contribution in [3.05, 3.63) is 0 Å². The summed E-state index contributed by atoms with van der Waals surface area (Å²) in [5, 5.41) is 0. The number of nitrogens with two attached hydrogens (primary N) is 1. The molecule has 2 N–H and O–H groups in total. The normalized spacial score (nSPS) is 28.8. The minimum Gasteiger partial charge on any atom is -0.329 e. The summed E-state index contributed by atoms with van der Waals surface area (Å²) >= 11 is 0. The van der Waals surface area contributed by atoms with E-state index in [0.29, 0.717) is 6.04 Å². The van der Waals surface area contributed by atoms with Gasteiger partial charge in [-0.15, -0.1) is 0 Å². The molecule has 0 amide bonds. The standard InChI is InChI=1S/C8H18N2/c1-2-10-6-4-3-5-8(10)7-9/h8H,2-7,9H2,1H3/t8-/m0/s1. The number of hydrogen-bond donors (Lipinski definition) is 1. The lowest BCUT2D eigenvalue weighted by Crippen LogP contribution is -2.43. The number of likely N-dealkylation sites (N-methyl/N-ethyl adjacent to an activating group) is 1. The Balaban J connectivity index is 2.34. The van der Waals surface area contributed by atoms with Gasteiger partial charge in [0.1, 0.15) is 0 Å². The topological polar surface area (TPSA) is 29.3 Å². The van der Waals surface area contributed by atoms with Crippen LogP contribution in [0.4, 0.5) is 0 Å². The quantitative estimate of drug-likeness (QED) is 0.618. The van der Waals surface area contributed by atoms with Gasteiger partial charge < -0.3 is 5.73 Å². The average Bonchev–Trinajstić information content (AvgIpc) is 2.04. The average molecular weight is 142 g/mol. The zero-order chi connectivity index (χ0) is 7.40. The third-order valence-corrected chi connectivity index (χ3v) is 2.43. The molecule has 1 aliphatic rings. The highest BCUT2D eigenvalue weighted by molar-refractivity contribution is 4.75. The number of piperidine rings is 1. The largest absolute Gasteiger partial charge is 0.329 e. The maximum absolute atomic E-state index is 5.63. The first-order chi connectivity index (χ1) is 4.88. The van der Waals surface area contributed by atoms with E-state index >= 15 is 0 Å². The Kier molecular flexibility index (Phi) is 3.16. The van der Waals surface area contributed by atoms with Crippen molar-refractivity contribution in [3.8, 4) is 0 Å². The maximum atomic E-state index is 5.63. The highest BCUT2D eigenvalue weighted by Gasteiger charge is 2.18. The van der Waals surface area contributed by atoms with Crippen LogP contribution in [0, 0.1) is 0 Å². The molecule has 2 heteroatoms. The van der Waals surface area contributed by atoms with Crippen LogP contribution < -0.4 is 5.73 Å². The SMILES string of the molecule is CCN1CCCC[C@H]1CN. The summed E-state index contributed by atoms with van der Waals surface area (Å²) in [4.78, 5) is 2.49. The van der Waals surface area contributed by atoms with Crippen LogP contribution in [0.1, 0.15) is 26.2 Å². The third kappa shape index (κ3) is 1.70.